The summed E-state index contributed by atoms with van der Waals surface area (Å²) >= 11 is 0. The summed E-state index contributed by atoms with van der Waals surface area (Å²) in [6, 6.07) is 7.96. The average molecular weight is 216 g/mol. The van der Waals surface area contributed by atoms with Crippen molar-refractivity contribution in [1.82, 2.24) is 4.72 Å². The zero-order valence-corrected chi connectivity index (χ0v) is 7.78. The van der Waals surface area contributed by atoms with Gasteiger partial charge in [-0.1, -0.05) is 18.2 Å². The van der Waals surface area contributed by atoms with Crippen LogP contribution in [0.1, 0.15) is 0 Å². The molecule has 7 heteroatoms. The standard InChI is InChI=1S/C7H8N2O4S/c10-7(11)9-14(12,13)8-6-4-2-1-3-5-6/h1-5,8-9H,(H,10,11). The zero-order chi connectivity index (χ0) is 10.6. The van der Waals surface area contributed by atoms with E-state index in [9.17, 15) is 13.2 Å². The first-order chi connectivity index (χ1) is 6.49. The van der Waals surface area contributed by atoms with Crippen molar-refractivity contribution >= 4 is 22.0 Å². The number of carbonyl (C=O) groups is 1. The largest absolute Gasteiger partial charge is 0.464 e. The highest BCUT2D eigenvalue weighted by Crippen LogP contribution is 2.06. The molecule has 3 N–H and O–H groups in total. The van der Waals surface area contributed by atoms with Gasteiger partial charge in [0.25, 0.3) is 0 Å². The van der Waals surface area contributed by atoms with Gasteiger partial charge in [0.05, 0.1) is 5.69 Å². The molecular formula is C7H8N2O4S. The lowest BCUT2D eigenvalue weighted by molar-refractivity contribution is 0.201. The molecule has 0 spiro atoms. The van der Waals surface area contributed by atoms with Crippen LogP contribution in [0.2, 0.25) is 0 Å². The first-order valence-electron chi connectivity index (χ1n) is 3.58. The third kappa shape index (κ3) is 3.31. The highest BCUT2D eigenvalue weighted by Gasteiger charge is 2.12. The van der Waals surface area contributed by atoms with Gasteiger partial charge in [0, 0.05) is 0 Å². The summed E-state index contributed by atoms with van der Waals surface area (Å²) in [7, 11) is -4.03. The number of hydrogen-bond acceptors (Lipinski definition) is 3. The average Bonchev–Trinajstić information content (AvgIpc) is 2.02. The van der Waals surface area contributed by atoms with Crippen LogP contribution in [0.25, 0.3) is 0 Å². The maximum Gasteiger partial charge on any atom is 0.419 e. The molecule has 0 aliphatic carbocycles. The summed E-state index contributed by atoms with van der Waals surface area (Å²) in [5.41, 5.74) is 0.293. The Morgan fingerprint density at radius 2 is 1.79 bits per heavy atom. The molecule has 0 saturated heterocycles. The molecule has 6 nitrogen and oxygen atoms in total. The second-order valence-corrected chi connectivity index (χ2v) is 3.79. The fourth-order valence-corrected chi connectivity index (χ4v) is 1.53. The number of rotatable bonds is 3. The summed E-state index contributed by atoms with van der Waals surface area (Å²) in [6.07, 6.45) is -1.63. The normalized spacial score (nSPS) is 10.6. The molecule has 0 radical (unpaired) electrons. The van der Waals surface area contributed by atoms with Gasteiger partial charge in [0.2, 0.25) is 0 Å². The second kappa shape index (κ2) is 3.97. The Balaban J connectivity index is 2.74. The molecule has 0 fully saturated rings. The predicted molar refractivity (Wildman–Crippen MR) is 50.1 cm³/mol. The van der Waals surface area contributed by atoms with E-state index in [0.717, 1.165) is 0 Å². The first kappa shape index (κ1) is 10.3. The van der Waals surface area contributed by atoms with Crippen molar-refractivity contribution in [3.63, 3.8) is 0 Å². The molecule has 1 amide bonds. The Morgan fingerprint density at radius 3 is 2.29 bits per heavy atom. The SMILES string of the molecule is O=C(O)NS(=O)(=O)Nc1ccccc1. The van der Waals surface area contributed by atoms with Gasteiger partial charge in [-0.25, -0.2) is 9.52 Å². The van der Waals surface area contributed by atoms with E-state index >= 15 is 0 Å². The molecule has 0 aliphatic heterocycles. The Labute approximate surface area is 80.7 Å². The monoisotopic (exact) mass is 216 g/mol. The Morgan fingerprint density at radius 1 is 1.21 bits per heavy atom. The van der Waals surface area contributed by atoms with Crippen LogP contribution in [0.4, 0.5) is 10.5 Å². The number of carboxylic acid groups (broad SMARTS) is 1. The number of benzene rings is 1. The van der Waals surface area contributed by atoms with E-state index in [-0.39, 0.29) is 0 Å². The molecule has 0 atom stereocenters. The van der Waals surface area contributed by atoms with Crippen molar-refractivity contribution in [3.8, 4) is 0 Å². The molecule has 0 aromatic heterocycles. The smallest absolute Gasteiger partial charge is 0.419 e. The van der Waals surface area contributed by atoms with Crippen LogP contribution in [0.3, 0.4) is 0 Å². The summed E-state index contributed by atoms with van der Waals surface area (Å²) in [5.74, 6) is 0. The van der Waals surface area contributed by atoms with Gasteiger partial charge in [-0.3, -0.25) is 4.72 Å². The van der Waals surface area contributed by atoms with Gasteiger partial charge in [-0.05, 0) is 12.1 Å². The van der Waals surface area contributed by atoms with E-state index in [1.807, 2.05) is 4.72 Å². The van der Waals surface area contributed by atoms with E-state index in [0.29, 0.717) is 5.69 Å². The van der Waals surface area contributed by atoms with Gasteiger partial charge < -0.3 is 5.11 Å². The van der Waals surface area contributed by atoms with Crippen molar-refractivity contribution in [3.05, 3.63) is 30.3 Å². The molecule has 1 rings (SSSR count). The molecule has 0 aliphatic rings. The van der Waals surface area contributed by atoms with Crippen LogP contribution < -0.4 is 9.44 Å². The summed E-state index contributed by atoms with van der Waals surface area (Å²) in [5, 5.41) is 8.20. The molecule has 0 bridgehead atoms. The van der Waals surface area contributed by atoms with E-state index in [2.05, 4.69) is 0 Å². The highest BCUT2D eigenvalue weighted by atomic mass is 32.2. The highest BCUT2D eigenvalue weighted by molar-refractivity contribution is 7.91. The predicted octanol–water partition coefficient (Wildman–Crippen LogP) is 0.611. The Kier molecular flexibility index (Phi) is 2.92. The molecule has 0 unspecified atom stereocenters. The second-order valence-electron chi connectivity index (χ2n) is 2.38. The summed E-state index contributed by atoms with van der Waals surface area (Å²) < 4.78 is 25.4. The van der Waals surface area contributed by atoms with Crippen molar-refractivity contribution in [2.75, 3.05) is 4.72 Å². The minimum Gasteiger partial charge on any atom is -0.464 e. The Bertz CT molecular complexity index is 415. The summed E-state index contributed by atoms with van der Waals surface area (Å²) in [4.78, 5) is 10.1. The van der Waals surface area contributed by atoms with Crippen LogP contribution in [0.5, 0.6) is 0 Å². The maximum absolute atomic E-state index is 11.0. The topological polar surface area (TPSA) is 95.5 Å². The van der Waals surface area contributed by atoms with Crippen molar-refractivity contribution in [1.29, 1.82) is 0 Å². The quantitative estimate of drug-likeness (QED) is 0.689. The molecule has 0 saturated carbocycles. The van der Waals surface area contributed by atoms with E-state index in [4.69, 9.17) is 5.11 Å². The van der Waals surface area contributed by atoms with Gasteiger partial charge >= 0.3 is 16.3 Å². The van der Waals surface area contributed by atoms with E-state index < -0.39 is 16.3 Å². The van der Waals surface area contributed by atoms with Gasteiger partial charge in [-0.2, -0.15) is 8.42 Å². The van der Waals surface area contributed by atoms with Crippen LogP contribution in [-0.2, 0) is 10.2 Å². The van der Waals surface area contributed by atoms with Crippen LogP contribution >= 0.6 is 0 Å². The van der Waals surface area contributed by atoms with Crippen molar-refractivity contribution in [2.24, 2.45) is 0 Å². The fourth-order valence-electron chi connectivity index (χ4n) is 0.802. The molecule has 1 aromatic carbocycles. The minimum absolute atomic E-state index is 0.293. The molecule has 1 aromatic rings. The zero-order valence-electron chi connectivity index (χ0n) is 6.97. The van der Waals surface area contributed by atoms with Crippen LogP contribution in [0, 0.1) is 0 Å². The number of hydrogen-bond donors (Lipinski definition) is 3. The molecule has 0 heterocycles. The first-order valence-corrected chi connectivity index (χ1v) is 5.06. The lowest BCUT2D eigenvalue weighted by Crippen LogP contribution is -2.34. The fraction of sp³-hybridized carbons (Fsp3) is 0. The molecular weight excluding hydrogens is 208 g/mol. The number of amides is 1. The van der Waals surface area contributed by atoms with E-state index in [1.54, 1.807) is 18.2 Å². The lowest BCUT2D eigenvalue weighted by atomic mass is 10.3. The van der Waals surface area contributed by atoms with Crippen LogP contribution in [-0.4, -0.2) is 19.6 Å². The maximum atomic E-state index is 11.0. The van der Waals surface area contributed by atoms with Crippen molar-refractivity contribution < 1.29 is 18.3 Å². The van der Waals surface area contributed by atoms with E-state index in [1.165, 1.54) is 16.9 Å². The lowest BCUT2D eigenvalue weighted by Gasteiger charge is -2.05. The minimum atomic E-state index is -4.03. The number of para-hydroxylation sites is 1. The van der Waals surface area contributed by atoms with Gasteiger partial charge in [0.15, 0.2) is 0 Å². The van der Waals surface area contributed by atoms with Crippen LogP contribution in [0.15, 0.2) is 30.3 Å². The number of anilines is 1. The van der Waals surface area contributed by atoms with Crippen molar-refractivity contribution in [2.45, 2.75) is 0 Å². The molecule has 14 heavy (non-hydrogen) atoms. The third-order valence-corrected chi connectivity index (χ3v) is 2.20. The Hall–Kier alpha value is -1.76. The van der Waals surface area contributed by atoms with Gasteiger partial charge in [-0.15, -0.1) is 0 Å². The summed E-state index contributed by atoms with van der Waals surface area (Å²) in [6.45, 7) is 0. The third-order valence-electron chi connectivity index (χ3n) is 1.25. The number of nitrogens with one attached hydrogen (secondary N) is 2. The molecule has 76 valence electrons. The van der Waals surface area contributed by atoms with Gasteiger partial charge in [0.1, 0.15) is 0 Å².